The van der Waals surface area contributed by atoms with E-state index in [1.54, 1.807) is 6.92 Å². The minimum atomic E-state index is -0.744. The van der Waals surface area contributed by atoms with E-state index in [0.717, 1.165) is 10.5 Å². The van der Waals surface area contributed by atoms with Crippen LogP contribution in [0.1, 0.15) is 38.7 Å². The second-order valence-corrected chi connectivity index (χ2v) is 6.41. The molecule has 1 aromatic rings. The van der Waals surface area contributed by atoms with Gasteiger partial charge in [0, 0.05) is 4.90 Å². The molecule has 2 atom stereocenters. The zero-order chi connectivity index (χ0) is 15.1. The smallest absolute Gasteiger partial charge is 0.306 e. The fourth-order valence-electron chi connectivity index (χ4n) is 1.88. The van der Waals surface area contributed by atoms with E-state index < -0.39 is 5.97 Å². The molecule has 0 heterocycles. The molecule has 0 saturated carbocycles. The predicted octanol–water partition coefficient (Wildman–Crippen LogP) is 4.31. The molecule has 0 aliphatic carbocycles. The number of aliphatic carboxylic acids is 1. The summed E-state index contributed by atoms with van der Waals surface area (Å²) in [6.07, 6.45) is 0.638. The van der Waals surface area contributed by atoms with Crippen LogP contribution in [0.15, 0.2) is 29.2 Å². The van der Waals surface area contributed by atoms with Gasteiger partial charge in [-0.25, -0.2) is 0 Å². The second kappa shape index (κ2) is 8.27. The standard InChI is InChI=1S/C15H20O3S2/c1-4-18-15(19)20-13-7-5-12(6-8-13)10(2)9-11(3)14(16)17/h5-8,10-11H,4,9H2,1-3H3,(H,16,17). The van der Waals surface area contributed by atoms with Gasteiger partial charge in [-0.15, -0.1) is 0 Å². The van der Waals surface area contributed by atoms with Crippen molar-refractivity contribution in [2.24, 2.45) is 5.92 Å². The number of benzene rings is 1. The molecule has 5 heteroatoms. The molecule has 0 aromatic heterocycles. The fourth-order valence-corrected chi connectivity index (χ4v) is 2.92. The predicted molar refractivity (Wildman–Crippen MR) is 86.4 cm³/mol. The number of thioether (sulfide) groups is 1. The molecular formula is C15H20O3S2. The van der Waals surface area contributed by atoms with Crippen LogP contribution in [0.2, 0.25) is 0 Å². The molecule has 0 saturated heterocycles. The van der Waals surface area contributed by atoms with E-state index in [2.05, 4.69) is 0 Å². The first-order valence-electron chi connectivity index (χ1n) is 6.61. The third-order valence-electron chi connectivity index (χ3n) is 3.04. The molecule has 1 N–H and O–H groups in total. The normalized spacial score (nSPS) is 13.6. The summed E-state index contributed by atoms with van der Waals surface area (Å²) in [5, 5.41) is 8.94. The van der Waals surface area contributed by atoms with Gasteiger partial charge in [0.2, 0.25) is 4.38 Å². The number of carbonyl (C=O) groups is 1. The molecule has 0 bridgehead atoms. The Morgan fingerprint density at radius 1 is 1.35 bits per heavy atom. The number of carboxylic acid groups (broad SMARTS) is 1. The summed E-state index contributed by atoms with van der Waals surface area (Å²) in [4.78, 5) is 11.9. The number of hydrogen-bond acceptors (Lipinski definition) is 4. The highest BCUT2D eigenvalue weighted by atomic mass is 32.2. The van der Waals surface area contributed by atoms with Crippen molar-refractivity contribution in [1.82, 2.24) is 0 Å². The molecule has 0 spiro atoms. The van der Waals surface area contributed by atoms with Crippen LogP contribution in [0.25, 0.3) is 0 Å². The first-order chi connectivity index (χ1) is 9.43. The number of thiocarbonyl (C=S) groups is 1. The monoisotopic (exact) mass is 312 g/mol. The lowest BCUT2D eigenvalue weighted by molar-refractivity contribution is -0.141. The van der Waals surface area contributed by atoms with E-state index in [9.17, 15) is 4.79 Å². The van der Waals surface area contributed by atoms with Crippen LogP contribution in [0.5, 0.6) is 0 Å². The molecule has 1 aromatic carbocycles. The molecule has 0 radical (unpaired) electrons. The molecule has 110 valence electrons. The summed E-state index contributed by atoms with van der Waals surface area (Å²) in [6.45, 7) is 6.27. The van der Waals surface area contributed by atoms with Crippen LogP contribution in [-0.4, -0.2) is 22.1 Å². The van der Waals surface area contributed by atoms with Crippen LogP contribution in [-0.2, 0) is 9.53 Å². The van der Waals surface area contributed by atoms with Gasteiger partial charge in [-0.3, -0.25) is 4.79 Å². The Hall–Kier alpha value is -1.07. The van der Waals surface area contributed by atoms with E-state index in [1.807, 2.05) is 38.1 Å². The maximum Gasteiger partial charge on any atom is 0.306 e. The van der Waals surface area contributed by atoms with Gasteiger partial charge >= 0.3 is 5.97 Å². The summed E-state index contributed by atoms with van der Waals surface area (Å²) >= 11 is 6.50. The number of ether oxygens (including phenoxy) is 1. The Morgan fingerprint density at radius 3 is 2.45 bits per heavy atom. The quantitative estimate of drug-likeness (QED) is 0.626. The van der Waals surface area contributed by atoms with E-state index in [0.29, 0.717) is 17.4 Å². The summed E-state index contributed by atoms with van der Waals surface area (Å²) in [6, 6.07) is 8.03. The Balaban J connectivity index is 2.61. The number of rotatable bonds is 6. The lowest BCUT2D eigenvalue weighted by atomic mass is 9.91. The molecule has 1 rings (SSSR count). The van der Waals surface area contributed by atoms with Gasteiger partial charge in [0.25, 0.3) is 0 Å². The third kappa shape index (κ3) is 5.51. The van der Waals surface area contributed by atoms with Crippen LogP contribution < -0.4 is 0 Å². The van der Waals surface area contributed by atoms with E-state index in [1.165, 1.54) is 11.8 Å². The van der Waals surface area contributed by atoms with Crippen LogP contribution in [0.4, 0.5) is 0 Å². The molecule has 2 unspecified atom stereocenters. The maximum atomic E-state index is 10.9. The molecule has 20 heavy (non-hydrogen) atoms. The van der Waals surface area contributed by atoms with Crippen molar-refractivity contribution < 1.29 is 14.6 Å². The minimum absolute atomic E-state index is 0.221. The zero-order valence-electron chi connectivity index (χ0n) is 12.0. The lowest BCUT2D eigenvalue weighted by Crippen LogP contribution is -2.12. The van der Waals surface area contributed by atoms with Crippen molar-refractivity contribution in [2.75, 3.05) is 6.61 Å². The molecule has 3 nitrogen and oxygen atoms in total. The van der Waals surface area contributed by atoms with E-state index in [-0.39, 0.29) is 11.8 Å². The first-order valence-corrected chi connectivity index (χ1v) is 7.83. The van der Waals surface area contributed by atoms with Crippen molar-refractivity contribution in [2.45, 2.75) is 38.0 Å². The average molecular weight is 312 g/mol. The van der Waals surface area contributed by atoms with Crippen LogP contribution >= 0.6 is 24.0 Å². The topological polar surface area (TPSA) is 46.5 Å². The van der Waals surface area contributed by atoms with Gasteiger partial charge in [0.05, 0.1) is 12.5 Å². The van der Waals surface area contributed by atoms with Crippen LogP contribution in [0.3, 0.4) is 0 Å². The van der Waals surface area contributed by atoms with Gasteiger partial charge in [-0.2, -0.15) is 0 Å². The molecule has 0 fully saturated rings. The molecule has 0 aliphatic heterocycles. The van der Waals surface area contributed by atoms with Crippen molar-refractivity contribution >= 4 is 34.3 Å². The Bertz CT molecular complexity index is 457. The Labute approximate surface area is 129 Å². The SMILES string of the molecule is CCOC(=S)Sc1ccc(C(C)CC(C)C(=O)O)cc1. The largest absolute Gasteiger partial charge is 0.481 e. The van der Waals surface area contributed by atoms with Gasteiger partial charge in [-0.05, 0) is 60.9 Å². The average Bonchev–Trinajstić information content (AvgIpc) is 2.39. The highest BCUT2D eigenvalue weighted by molar-refractivity contribution is 8.22. The highest BCUT2D eigenvalue weighted by Gasteiger charge is 2.16. The lowest BCUT2D eigenvalue weighted by Gasteiger charge is -2.15. The number of hydrogen-bond donors (Lipinski definition) is 1. The van der Waals surface area contributed by atoms with E-state index >= 15 is 0 Å². The van der Waals surface area contributed by atoms with Gasteiger partial charge in [0.1, 0.15) is 0 Å². The fraction of sp³-hybridized carbons (Fsp3) is 0.467. The Morgan fingerprint density at radius 2 is 1.95 bits per heavy atom. The summed E-state index contributed by atoms with van der Waals surface area (Å²) in [7, 11) is 0. The molecule has 0 aliphatic rings. The van der Waals surface area contributed by atoms with Gasteiger partial charge < -0.3 is 9.84 Å². The van der Waals surface area contributed by atoms with Gasteiger partial charge in [0.15, 0.2) is 0 Å². The zero-order valence-corrected chi connectivity index (χ0v) is 13.6. The van der Waals surface area contributed by atoms with Crippen molar-refractivity contribution in [3.05, 3.63) is 29.8 Å². The van der Waals surface area contributed by atoms with Crippen LogP contribution in [0, 0.1) is 5.92 Å². The molecular weight excluding hydrogens is 292 g/mol. The Kier molecular flexibility index (Phi) is 7.02. The first kappa shape index (κ1) is 17.0. The van der Waals surface area contributed by atoms with Crippen molar-refractivity contribution in [1.29, 1.82) is 0 Å². The van der Waals surface area contributed by atoms with Gasteiger partial charge in [-0.1, -0.05) is 26.0 Å². The summed E-state index contributed by atoms with van der Waals surface area (Å²) in [5.41, 5.74) is 1.14. The molecule has 0 amide bonds. The number of carboxylic acids is 1. The maximum absolute atomic E-state index is 10.9. The van der Waals surface area contributed by atoms with Crippen molar-refractivity contribution in [3.8, 4) is 0 Å². The third-order valence-corrected chi connectivity index (χ3v) is 4.20. The minimum Gasteiger partial charge on any atom is -0.481 e. The van der Waals surface area contributed by atoms with Crippen molar-refractivity contribution in [3.63, 3.8) is 0 Å². The highest BCUT2D eigenvalue weighted by Crippen LogP contribution is 2.27. The second-order valence-electron chi connectivity index (χ2n) is 4.73. The van der Waals surface area contributed by atoms with E-state index in [4.69, 9.17) is 22.1 Å². The summed E-state index contributed by atoms with van der Waals surface area (Å²) in [5.74, 6) is -0.852. The summed E-state index contributed by atoms with van der Waals surface area (Å²) < 4.78 is 5.75.